The number of rotatable bonds is 8. The largest absolute Gasteiger partial charge is 0.492 e. The van der Waals surface area contributed by atoms with E-state index in [1.165, 1.54) is 7.11 Å². The van der Waals surface area contributed by atoms with Gasteiger partial charge in [0, 0.05) is 23.5 Å². The Balaban J connectivity index is 1.70. The molecule has 1 atom stereocenters. The molecule has 0 aliphatic carbocycles. The molecular formula is C27H29N3O3. The Morgan fingerprint density at radius 1 is 1.09 bits per heavy atom. The first-order valence-corrected chi connectivity index (χ1v) is 11.0. The monoisotopic (exact) mass is 443 g/mol. The van der Waals surface area contributed by atoms with Crippen LogP contribution in [-0.4, -0.2) is 29.2 Å². The number of carbonyl (C=O) groups excluding carboxylic acids is 1. The van der Waals surface area contributed by atoms with Gasteiger partial charge in [0.25, 0.3) is 0 Å². The van der Waals surface area contributed by atoms with E-state index in [0.29, 0.717) is 6.61 Å². The summed E-state index contributed by atoms with van der Waals surface area (Å²) in [6.07, 6.45) is 5.31. The lowest BCUT2D eigenvalue weighted by atomic mass is 9.80. The van der Waals surface area contributed by atoms with Crippen molar-refractivity contribution in [3.05, 3.63) is 84.9 Å². The second-order valence-corrected chi connectivity index (χ2v) is 8.47. The van der Waals surface area contributed by atoms with Crippen molar-refractivity contribution in [1.82, 2.24) is 9.55 Å². The first-order valence-electron chi connectivity index (χ1n) is 11.0. The van der Waals surface area contributed by atoms with Gasteiger partial charge >= 0.3 is 5.97 Å². The minimum atomic E-state index is -0.790. The molecule has 1 unspecified atom stereocenters. The number of ether oxygens (including phenoxy) is 2. The van der Waals surface area contributed by atoms with Crippen LogP contribution in [0.3, 0.4) is 0 Å². The molecular weight excluding hydrogens is 414 g/mol. The zero-order chi connectivity index (χ0) is 23.4. The molecule has 0 bridgehead atoms. The number of hydrogen-bond donors (Lipinski definition) is 1. The molecule has 0 aliphatic rings. The van der Waals surface area contributed by atoms with Gasteiger partial charge in [0.2, 0.25) is 0 Å². The third-order valence-corrected chi connectivity index (χ3v) is 5.90. The van der Waals surface area contributed by atoms with Crippen LogP contribution in [0.1, 0.15) is 32.4 Å². The van der Waals surface area contributed by atoms with Crippen LogP contribution >= 0.6 is 0 Å². The second kappa shape index (κ2) is 9.36. The van der Waals surface area contributed by atoms with Crippen molar-refractivity contribution in [3.63, 3.8) is 0 Å². The van der Waals surface area contributed by atoms with E-state index in [1.54, 1.807) is 12.5 Å². The standard InChI is InChI=1S/C27H29N3O3/c1-5-33-23-15-12-19-8-6-7-9-22(19)24(23)29-21-13-10-20(11-14-21)25(30-17-16-28-18-30)27(2,3)26(31)32-4/h6-18,25,29H,5H2,1-4H3. The first-order chi connectivity index (χ1) is 16.0. The number of nitrogens with one attached hydrogen (secondary N) is 1. The molecule has 0 saturated carbocycles. The lowest BCUT2D eigenvalue weighted by Gasteiger charge is -2.33. The van der Waals surface area contributed by atoms with Gasteiger partial charge in [0.05, 0.1) is 37.2 Å². The van der Waals surface area contributed by atoms with Gasteiger partial charge in [-0.15, -0.1) is 0 Å². The summed E-state index contributed by atoms with van der Waals surface area (Å²) in [6, 6.07) is 20.1. The van der Waals surface area contributed by atoms with Crippen LogP contribution in [0.5, 0.6) is 5.75 Å². The quantitative estimate of drug-likeness (QED) is 0.340. The molecule has 4 aromatic rings. The maximum absolute atomic E-state index is 12.6. The van der Waals surface area contributed by atoms with Gasteiger partial charge in [0.15, 0.2) is 0 Å². The van der Waals surface area contributed by atoms with Crippen molar-refractivity contribution < 1.29 is 14.3 Å². The molecule has 170 valence electrons. The predicted molar refractivity (Wildman–Crippen MR) is 131 cm³/mol. The Kier molecular flexibility index (Phi) is 6.36. The zero-order valence-electron chi connectivity index (χ0n) is 19.4. The average Bonchev–Trinajstić information content (AvgIpc) is 3.35. The summed E-state index contributed by atoms with van der Waals surface area (Å²) in [5.74, 6) is 0.531. The fourth-order valence-corrected chi connectivity index (χ4v) is 4.31. The maximum Gasteiger partial charge on any atom is 0.313 e. The van der Waals surface area contributed by atoms with E-state index in [1.807, 2.05) is 74.0 Å². The van der Waals surface area contributed by atoms with Crippen molar-refractivity contribution in [2.75, 3.05) is 19.0 Å². The van der Waals surface area contributed by atoms with Gasteiger partial charge in [-0.3, -0.25) is 4.79 Å². The second-order valence-electron chi connectivity index (χ2n) is 8.47. The Labute approximate surface area is 194 Å². The molecule has 0 saturated heterocycles. The Bertz CT molecular complexity index is 1230. The van der Waals surface area contributed by atoms with Crippen molar-refractivity contribution in [2.24, 2.45) is 5.41 Å². The molecule has 1 aromatic heterocycles. The van der Waals surface area contributed by atoms with Crippen LogP contribution in [0.25, 0.3) is 10.8 Å². The van der Waals surface area contributed by atoms with Crippen molar-refractivity contribution in [1.29, 1.82) is 0 Å². The van der Waals surface area contributed by atoms with Gasteiger partial charge in [-0.1, -0.05) is 42.5 Å². The molecule has 0 radical (unpaired) electrons. The highest BCUT2D eigenvalue weighted by molar-refractivity contribution is 5.98. The average molecular weight is 444 g/mol. The Hall–Kier alpha value is -3.80. The van der Waals surface area contributed by atoms with Crippen LogP contribution < -0.4 is 10.1 Å². The molecule has 6 heteroatoms. The number of benzene rings is 3. The van der Waals surface area contributed by atoms with E-state index in [2.05, 4.69) is 28.5 Å². The zero-order valence-corrected chi connectivity index (χ0v) is 19.4. The van der Waals surface area contributed by atoms with E-state index in [9.17, 15) is 4.79 Å². The highest BCUT2D eigenvalue weighted by Crippen LogP contribution is 2.39. The number of nitrogens with zero attached hydrogens (tertiary/aromatic N) is 2. The number of aromatic nitrogens is 2. The van der Waals surface area contributed by atoms with Gasteiger partial charge < -0.3 is 19.4 Å². The maximum atomic E-state index is 12.6. The first kappa shape index (κ1) is 22.4. The molecule has 33 heavy (non-hydrogen) atoms. The van der Waals surface area contributed by atoms with E-state index >= 15 is 0 Å². The minimum Gasteiger partial charge on any atom is -0.492 e. The highest BCUT2D eigenvalue weighted by Gasteiger charge is 2.40. The fourth-order valence-electron chi connectivity index (χ4n) is 4.31. The number of hydrogen-bond acceptors (Lipinski definition) is 5. The molecule has 0 spiro atoms. The third kappa shape index (κ3) is 4.42. The van der Waals surface area contributed by atoms with Crippen molar-refractivity contribution in [2.45, 2.75) is 26.8 Å². The summed E-state index contributed by atoms with van der Waals surface area (Å²) < 4.78 is 12.9. The normalized spacial score (nSPS) is 12.4. The summed E-state index contributed by atoms with van der Waals surface area (Å²) in [7, 11) is 1.42. The van der Waals surface area contributed by atoms with Crippen LogP contribution in [-0.2, 0) is 9.53 Å². The third-order valence-electron chi connectivity index (χ3n) is 5.90. The Morgan fingerprint density at radius 3 is 2.52 bits per heavy atom. The lowest BCUT2D eigenvalue weighted by molar-refractivity contribution is -0.152. The number of anilines is 2. The smallest absolute Gasteiger partial charge is 0.313 e. The van der Waals surface area contributed by atoms with E-state index < -0.39 is 5.41 Å². The summed E-state index contributed by atoms with van der Waals surface area (Å²) in [4.78, 5) is 16.8. The van der Waals surface area contributed by atoms with Gasteiger partial charge in [0.1, 0.15) is 5.75 Å². The molecule has 0 fully saturated rings. The fraction of sp³-hybridized carbons (Fsp3) is 0.259. The molecule has 0 aliphatic heterocycles. The molecule has 0 amide bonds. The number of fused-ring (bicyclic) bond motifs is 1. The molecule has 6 nitrogen and oxygen atoms in total. The van der Waals surface area contributed by atoms with Crippen molar-refractivity contribution in [3.8, 4) is 5.75 Å². The summed E-state index contributed by atoms with van der Waals surface area (Å²) >= 11 is 0. The predicted octanol–water partition coefficient (Wildman–Crippen LogP) is 5.97. The molecule has 1 heterocycles. The number of carbonyl (C=O) groups is 1. The van der Waals surface area contributed by atoms with E-state index in [0.717, 1.165) is 33.5 Å². The van der Waals surface area contributed by atoms with Crippen LogP contribution in [0.15, 0.2) is 79.4 Å². The summed E-state index contributed by atoms with van der Waals surface area (Å²) in [5, 5.41) is 5.77. The van der Waals surface area contributed by atoms with Crippen molar-refractivity contribution >= 4 is 28.1 Å². The summed E-state index contributed by atoms with van der Waals surface area (Å²) in [6.45, 7) is 6.34. The van der Waals surface area contributed by atoms with Crippen LogP contribution in [0, 0.1) is 5.41 Å². The molecule has 1 N–H and O–H groups in total. The number of esters is 1. The van der Waals surface area contributed by atoms with Gasteiger partial charge in [-0.2, -0.15) is 0 Å². The number of imidazole rings is 1. The van der Waals surface area contributed by atoms with Crippen LogP contribution in [0.4, 0.5) is 11.4 Å². The van der Waals surface area contributed by atoms with Gasteiger partial charge in [-0.05, 0) is 49.9 Å². The summed E-state index contributed by atoms with van der Waals surface area (Å²) in [5.41, 5.74) is 2.05. The van der Waals surface area contributed by atoms with E-state index in [4.69, 9.17) is 9.47 Å². The van der Waals surface area contributed by atoms with Gasteiger partial charge in [-0.25, -0.2) is 4.98 Å². The minimum absolute atomic E-state index is 0.266. The SMILES string of the molecule is CCOc1ccc2ccccc2c1Nc1ccc(C(n2ccnc2)C(C)(C)C(=O)OC)cc1. The number of methoxy groups -OCH3 is 1. The highest BCUT2D eigenvalue weighted by atomic mass is 16.5. The van der Waals surface area contributed by atoms with E-state index in [-0.39, 0.29) is 12.0 Å². The lowest BCUT2D eigenvalue weighted by Crippen LogP contribution is -2.36. The topological polar surface area (TPSA) is 65.4 Å². The molecule has 4 rings (SSSR count). The Morgan fingerprint density at radius 2 is 1.85 bits per heavy atom. The molecule has 3 aromatic carbocycles. The van der Waals surface area contributed by atoms with Crippen LogP contribution in [0.2, 0.25) is 0 Å².